The van der Waals surface area contributed by atoms with Crippen LogP contribution < -0.4 is 5.32 Å². The molecule has 0 saturated carbocycles. The van der Waals surface area contributed by atoms with Gasteiger partial charge in [-0.3, -0.25) is 4.98 Å². The van der Waals surface area contributed by atoms with E-state index < -0.39 is 0 Å². The predicted octanol–water partition coefficient (Wildman–Crippen LogP) is 2.56. The predicted molar refractivity (Wildman–Crippen MR) is 85.3 cm³/mol. The maximum absolute atomic E-state index is 4.52. The molecular formula is C16H23N5. The molecule has 0 aromatic carbocycles. The lowest BCUT2D eigenvalue weighted by Crippen LogP contribution is -2.41. The van der Waals surface area contributed by atoms with Gasteiger partial charge in [-0.2, -0.15) is 0 Å². The Balaban J connectivity index is 1.61. The Hall–Kier alpha value is -1.75. The van der Waals surface area contributed by atoms with Gasteiger partial charge in [-0.1, -0.05) is 0 Å². The number of aromatic nitrogens is 3. The van der Waals surface area contributed by atoms with Crippen molar-refractivity contribution in [1.29, 1.82) is 0 Å². The standard InChI is InChI=1S/C16H23N5/c1-12(2)21-9-3-4-13(11-21)10-19-15-6-5-14-16(20-15)18-8-7-17-14/h5-8,12-13H,3-4,9-11H2,1-2H3,(H,18,19,20). The third kappa shape index (κ3) is 3.47. The number of anilines is 1. The molecule has 21 heavy (non-hydrogen) atoms. The van der Waals surface area contributed by atoms with Crippen LogP contribution in [0.25, 0.3) is 11.2 Å². The summed E-state index contributed by atoms with van der Waals surface area (Å²) in [5.74, 6) is 1.59. The average Bonchev–Trinajstić information content (AvgIpc) is 2.53. The molecule has 2 aromatic rings. The topological polar surface area (TPSA) is 53.9 Å². The summed E-state index contributed by atoms with van der Waals surface area (Å²) in [6.07, 6.45) is 5.96. The summed E-state index contributed by atoms with van der Waals surface area (Å²) in [7, 11) is 0. The smallest absolute Gasteiger partial charge is 0.180 e. The van der Waals surface area contributed by atoms with Crippen LogP contribution >= 0.6 is 0 Å². The number of pyridine rings is 1. The fourth-order valence-electron chi connectivity index (χ4n) is 2.93. The van der Waals surface area contributed by atoms with Crippen LogP contribution in [0, 0.1) is 5.92 Å². The minimum Gasteiger partial charge on any atom is -0.370 e. The maximum Gasteiger partial charge on any atom is 0.180 e. The van der Waals surface area contributed by atoms with Gasteiger partial charge in [0.25, 0.3) is 0 Å². The number of hydrogen-bond donors (Lipinski definition) is 1. The van der Waals surface area contributed by atoms with E-state index in [0.717, 1.165) is 17.9 Å². The minimum absolute atomic E-state index is 0.641. The van der Waals surface area contributed by atoms with E-state index in [1.165, 1.54) is 25.9 Å². The number of nitrogens with one attached hydrogen (secondary N) is 1. The highest BCUT2D eigenvalue weighted by atomic mass is 15.2. The number of hydrogen-bond acceptors (Lipinski definition) is 5. The van der Waals surface area contributed by atoms with E-state index in [1.54, 1.807) is 12.4 Å². The monoisotopic (exact) mass is 285 g/mol. The van der Waals surface area contributed by atoms with E-state index in [2.05, 4.69) is 39.0 Å². The fourth-order valence-corrected chi connectivity index (χ4v) is 2.93. The lowest BCUT2D eigenvalue weighted by molar-refractivity contribution is 0.145. The quantitative estimate of drug-likeness (QED) is 0.935. The van der Waals surface area contributed by atoms with Gasteiger partial charge in [0, 0.05) is 31.5 Å². The van der Waals surface area contributed by atoms with Crippen molar-refractivity contribution in [2.45, 2.75) is 32.7 Å². The van der Waals surface area contributed by atoms with Crippen molar-refractivity contribution in [2.75, 3.05) is 25.0 Å². The van der Waals surface area contributed by atoms with Crippen molar-refractivity contribution in [3.05, 3.63) is 24.5 Å². The van der Waals surface area contributed by atoms with Crippen LogP contribution in [-0.4, -0.2) is 45.5 Å². The van der Waals surface area contributed by atoms with Gasteiger partial charge in [0.15, 0.2) is 5.65 Å². The van der Waals surface area contributed by atoms with E-state index in [9.17, 15) is 0 Å². The molecule has 3 rings (SSSR count). The normalized spacial score (nSPS) is 20.0. The Morgan fingerprint density at radius 3 is 3.00 bits per heavy atom. The lowest BCUT2D eigenvalue weighted by atomic mass is 9.97. The lowest BCUT2D eigenvalue weighted by Gasteiger charge is -2.35. The van der Waals surface area contributed by atoms with Crippen LogP contribution in [0.5, 0.6) is 0 Å². The van der Waals surface area contributed by atoms with Gasteiger partial charge in [0.2, 0.25) is 0 Å². The first-order valence-electron chi connectivity index (χ1n) is 7.78. The number of piperidine rings is 1. The summed E-state index contributed by atoms with van der Waals surface area (Å²) in [4.78, 5) is 15.6. The van der Waals surface area contributed by atoms with Crippen LogP contribution in [0.4, 0.5) is 5.82 Å². The molecule has 1 saturated heterocycles. The van der Waals surface area contributed by atoms with E-state index in [-0.39, 0.29) is 0 Å². The Bertz CT molecular complexity index is 598. The first kappa shape index (κ1) is 14.2. The molecule has 5 heteroatoms. The van der Waals surface area contributed by atoms with Crippen molar-refractivity contribution in [2.24, 2.45) is 5.92 Å². The van der Waals surface area contributed by atoms with Crippen LogP contribution in [-0.2, 0) is 0 Å². The summed E-state index contributed by atoms with van der Waals surface area (Å²) in [5.41, 5.74) is 1.54. The summed E-state index contributed by atoms with van der Waals surface area (Å²) in [6, 6.07) is 4.60. The molecule has 3 heterocycles. The van der Waals surface area contributed by atoms with E-state index in [0.29, 0.717) is 17.6 Å². The second kappa shape index (κ2) is 6.35. The van der Waals surface area contributed by atoms with Gasteiger partial charge < -0.3 is 10.2 Å². The van der Waals surface area contributed by atoms with E-state index in [4.69, 9.17) is 0 Å². The van der Waals surface area contributed by atoms with E-state index in [1.807, 2.05) is 12.1 Å². The van der Waals surface area contributed by atoms with Gasteiger partial charge in [-0.15, -0.1) is 0 Å². The molecule has 1 N–H and O–H groups in total. The van der Waals surface area contributed by atoms with Gasteiger partial charge in [-0.25, -0.2) is 9.97 Å². The Morgan fingerprint density at radius 2 is 2.14 bits per heavy atom. The zero-order valence-corrected chi connectivity index (χ0v) is 12.8. The first-order chi connectivity index (χ1) is 10.2. The van der Waals surface area contributed by atoms with Crippen LogP contribution in [0.15, 0.2) is 24.5 Å². The largest absolute Gasteiger partial charge is 0.370 e. The zero-order valence-electron chi connectivity index (χ0n) is 12.8. The molecule has 1 unspecified atom stereocenters. The number of fused-ring (bicyclic) bond motifs is 1. The van der Waals surface area contributed by atoms with Crippen LogP contribution in [0.3, 0.4) is 0 Å². The first-order valence-corrected chi connectivity index (χ1v) is 7.78. The molecule has 2 aromatic heterocycles. The minimum atomic E-state index is 0.641. The van der Waals surface area contributed by atoms with E-state index >= 15 is 0 Å². The third-order valence-corrected chi connectivity index (χ3v) is 4.18. The Labute approximate surface area is 125 Å². The molecule has 1 atom stereocenters. The molecule has 0 spiro atoms. The molecule has 1 aliphatic rings. The molecule has 0 amide bonds. The highest BCUT2D eigenvalue weighted by molar-refractivity contribution is 5.71. The second-order valence-corrected chi connectivity index (χ2v) is 6.07. The Kier molecular flexibility index (Phi) is 4.29. The third-order valence-electron chi connectivity index (χ3n) is 4.18. The SMILES string of the molecule is CC(C)N1CCCC(CNc2ccc3nccnc3n2)C1. The molecule has 0 bridgehead atoms. The average molecular weight is 285 g/mol. The highest BCUT2D eigenvalue weighted by Crippen LogP contribution is 2.19. The number of likely N-dealkylation sites (tertiary alicyclic amines) is 1. The maximum atomic E-state index is 4.52. The van der Waals surface area contributed by atoms with Crippen LogP contribution in [0.2, 0.25) is 0 Å². The number of nitrogens with zero attached hydrogens (tertiary/aromatic N) is 4. The molecule has 5 nitrogen and oxygen atoms in total. The molecule has 1 fully saturated rings. The van der Waals surface area contributed by atoms with Crippen molar-refractivity contribution < 1.29 is 0 Å². The van der Waals surface area contributed by atoms with Crippen molar-refractivity contribution in [3.8, 4) is 0 Å². The van der Waals surface area contributed by atoms with Gasteiger partial charge >= 0.3 is 0 Å². The summed E-state index contributed by atoms with van der Waals surface area (Å²) in [6.45, 7) is 7.94. The van der Waals surface area contributed by atoms with Gasteiger partial charge in [-0.05, 0) is 51.3 Å². The van der Waals surface area contributed by atoms with Crippen LogP contribution in [0.1, 0.15) is 26.7 Å². The summed E-state index contributed by atoms with van der Waals surface area (Å²) < 4.78 is 0. The second-order valence-electron chi connectivity index (χ2n) is 6.07. The van der Waals surface area contributed by atoms with Gasteiger partial charge in [0.05, 0.1) is 0 Å². The summed E-state index contributed by atoms with van der Waals surface area (Å²) in [5, 5.41) is 3.46. The molecule has 0 aliphatic carbocycles. The highest BCUT2D eigenvalue weighted by Gasteiger charge is 2.21. The molecule has 1 aliphatic heterocycles. The van der Waals surface area contributed by atoms with Crippen molar-refractivity contribution in [3.63, 3.8) is 0 Å². The molecule has 112 valence electrons. The van der Waals surface area contributed by atoms with Gasteiger partial charge in [0.1, 0.15) is 11.3 Å². The summed E-state index contributed by atoms with van der Waals surface area (Å²) >= 11 is 0. The Morgan fingerprint density at radius 1 is 1.29 bits per heavy atom. The number of rotatable bonds is 4. The van der Waals surface area contributed by atoms with Crippen molar-refractivity contribution in [1.82, 2.24) is 19.9 Å². The molecule has 0 radical (unpaired) electrons. The fraction of sp³-hybridized carbons (Fsp3) is 0.562. The molecular weight excluding hydrogens is 262 g/mol. The zero-order chi connectivity index (χ0) is 14.7. The van der Waals surface area contributed by atoms with Crippen molar-refractivity contribution >= 4 is 17.0 Å².